The number of benzene rings is 2. The first kappa shape index (κ1) is 35.6. The summed E-state index contributed by atoms with van der Waals surface area (Å²) in [6.07, 6.45) is -1.50. The topological polar surface area (TPSA) is 172 Å². The van der Waals surface area contributed by atoms with E-state index in [1.807, 2.05) is 24.3 Å². The molecule has 3 unspecified atom stereocenters. The van der Waals surface area contributed by atoms with Crippen molar-refractivity contribution in [1.29, 1.82) is 0 Å². The maximum atomic E-state index is 13.2. The lowest BCUT2D eigenvalue weighted by Crippen LogP contribution is -2.54. The first-order chi connectivity index (χ1) is 20.5. The molecule has 2 aromatic carbocycles. The predicted octanol–water partition coefficient (Wildman–Crippen LogP) is 3.33. The molecule has 12 heteroatoms. The van der Waals surface area contributed by atoms with Gasteiger partial charge in [-0.1, -0.05) is 60.7 Å². The minimum atomic E-state index is -1.38. The standard InChI is InChI=1S/C32H44N4O8/c1-31(2,3)43-29(41)35-24(19-21-13-9-7-10-14-21)26(37)33-18-17-23(28(39)40)34-27(38)25(20-22-15-11-8-12-16-22)36-30(42)44-32(4,5)6/h7-16,23-25H,17-20H2,1-6H3,(H,33,37)(H,34,38)(H,35,41)(H,36,42)(H,39,40). The Hall–Kier alpha value is -4.61. The van der Waals surface area contributed by atoms with Crippen LogP contribution in [-0.4, -0.2) is 70.9 Å². The van der Waals surface area contributed by atoms with Crippen molar-refractivity contribution in [2.45, 2.75) is 90.1 Å². The third kappa shape index (κ3) is 14.0. The number of aliphatic carboxylic acids is 1. The van der Waals surface area contributed by atoms with Crippen LogP contribution in [0.1, 0.15) is 59.1 Å². The number of rotatable bonds is 13. The lowest BCUT2D eigenvalue weighted by atomic mass is 10.0. The summed E-state index contributed by atoms with van der Waals surface area (Å²) in [4.78, 5) is 63.2. The predicted molar refractivity (Wildman–Crippen MR) is 164 cm³/mol. The summed E-state index contributed by atoms with van der Waals surface area (Å²) >= 11 is 0. The Morgan fingerprint density at radius 1 is 0.636 bits per heavy atom. The molecule has 12 nitrogen and oxygen atoms in total. The zero-order chi connectivity index (χ0) is 32.9. The highest BCUT2D eigenvalue weighted by Gasteiger charge is 2.29. The van der Waals surface area contributed by atoms with Gasteiger partial charge in [0, 0.05) is 19.4 Å². The molecule has 0 aromatic heterocycles. The SMILES string of the molecule is CC(C)(C)OC(=O)NC(Cc1ccccc1)C(=O)NCCC(NC(=O)C(Cc1ccccc1)NC(=O)OC(C)(C)C)C(=O)O. The number of nitrogens with one attached hydrogen (secondary N) is 4. The van der Waals surface area contributed by atoms with Crippen LogP contribution in [0.5, 0.6) is 0 Å². The Morgan fingerprint density at radius 3 is 1.43 bits per heavy atom. The van der Waals surface area contributed by atoms with Crippen molar-refractivity contribution in [3.05, 3.63) is 71.8 Å². The quantitative estimate of drug-likeness (QED) is 0.229. The average Bonchev–Trinajstić information content (AvgIpc) is 2.90. The minimum absolute atomic E-state index is 0.0898. The molecule has 0 aliphatic rings. The van der Waals surface area contributed by atoms with E-state index in [-0.39, 0.29) is 25.8 Å². The van der Waals surface area contributed by atoms with Gasteiger partial charge in [-0.3, -0.25) is 9.59 Å². The van der Waals surface area contributed by atoms with Crippen molar-refractivity contribution in [2.75, 3.05) is 6.54 Å². The third-order valence-corrected chi connectivity index (χ3v) is 5.93. The highest BCUT2D eigenvalue weighted by atomic mass is 16.6. The fraction of sp³-hybridized carbons (Fsp3) is 0.469. The second kappa shape index (κ2) is 16.3. The van der Waals surface area contributed by atoms with Gasteiger partial charge in [-0.15, -0.1) is 0 Å². The number of carboxylic acid groups (broad SMARTS) is 1. The van der Waals surface area contributed by atoms with Crippen LogP contribution in [0.25, 0.3) is 0 Å². The van der Waals surface area contributed by atoms with E-state index in [0.717, 1.165) is 11.1 Å². The van der Waals surface area contributed by atoms with E-state index < -0.39 is 59.3 Å². The van der Waals surface area contributed by atoms with Crippen LogP contribution in [0.15, 0.2) is 60.7 Å². The monoisotopic (exact) mass is 612 g/mol. The Balaban J connectivity index is 2.08. The number of carbonyl (C=O) groups is 5. The van der Waals surface area contributed by atoms with E-state index in [9.17, 15) is 29.1 Å². The van der Waals surface area contributed by atoms with Gasteiger partial charge < -0.3 is 35.8 Å². The second-order valence-electron chi connectivity index (χ2n) is 12.3. The molecule has 44 heavy (non-hydrogen) atoms. The largest absolute Gasteiger partial charge is 0.480 e. The molecular weight excluding hydrogens is 568 g/mol. The second-order valence-corrected chi connectivity index (χ2v) is 12.3. The minimum Gasteiger partial charge on any atom is -0.480 e. The van der Waals surface area contributed by atoms with E-state index in [1.165, 1.54) is 0 Å². The smallest absolute Gasteiger partial charge is 0.408 e. The lowest BCUT2D eigenvalue weighted by Gasteiger charge is -2.25. The first-order valence-corrected chi connectivity index (χ1v) is 14.4. The van der Waals surface area contributed by atoms with Gasteiger partial charge in [-0.05, 0) is 59.1 Å². The highest BCUT2D eigenvalue weighted by molar-refractivity contribution is 5.90. The van der Waals surface area contributed by atoms with Crippen molar-refractivity contribution >= 4 is 30.0 Å². The van der Waals surface area contributed by atoms with E-state index in [1.54, 1.807) is 77.9 Å². The molecule has 2 aromatic rings. The molecule has 0 heterocycles. The van der Waals surface area contributed by atoms with Crippen LogP contribution < -0.4 is 21.3 Å². The zero-order valence-corrected chi connectivity index (χ0v) is 26.1. The van der Waals surface area contributed by atoms with Crippen molar-refractivity contribution < 1.29 is 38.6 Å². The summed E-state index contributed by atoms with van der Waals surface area (Å²) in [5.41, 5.74) is -0.0520. The molecule has 3 atom stereocenters. The summed E-state index contributed by atoms with van der Waals surface area (Å²) < 4.78 is 10.6. The van der Waals surface area contributed by atoms with Crippen LogP contribution in [0.3, 0.4) is 0 Å². The third-order valence-electron chi connectivity index (χ3n) is 5.93. The summed E-state index contributed by atoms with van der Waals surface area (Å²) in [6.45, 7) is 10.0. The Labute approximate surface area is 258 Å². The van der Waals surface area contributed by atoms with Crippen LogP contribution in [0, 0.1) is 0 Å². The average molecular weight is 613 g/mol. The van der Waals surface area contributed by atoms with Gasteiger partial charge in [-0.2, -0.15) is 0 Å². The van der Waals surface area contributed by atoms with Gasteiger partial charge in [-0.25, -0.2) is 14.4 Å². The van der Waals surface area contributed by atoms with Crippen LogP contribution in [-0.2, 0) is 36.7 Å². The summed E-state index contributed by atoms with van der Waals surface area (Å²) in [5, 5.41) is 20.0. The van der Waals surface area contributed by atoms with Crippen LogP contribution in [0.4, 0.5) is 9.59 Å². The molecule has 0 saturated heterocycles. The molecule has 0 spiro atoms. The van der Waals surface area contributed by atoms with E-state index in [4.69, 9.17) is 9.47 Å². The Morgan fingerprint density at radius 2 is 1.05 bits per heavy atom. The van der Waals surface area contributed by atoms with E-state index in [0.29, 0.717) is 0 Å². The lowest BCUT2D eigenvalue weighted by molar-refractivity contribution is -0.142. The number of ether oxygens (including phenoxy) is 2. The van der Waals surface area contributed by atoms with E-state index >= 15 is 0 Å². The summed E-state index contributed by atoms with van der Waals surface area (Å²) in [7, 11) is 0. The molecule has 0 radical (unpaired) electrons. The zero-order valence-electron chi connectivity index (χ0n) is 26.1. The number of hydrogen-bond acceptors (Lipinski definition) is 7. The molecule has 0 fully saturated rings. The number of alkyl carbamates (subject to hydrolysis) is 2. The normalized spacial score (nSPS) is 13.4. The summed E-state index contributed by atoms with van der Waals surface area (Å²) in [6, 6.07) is 14.5. The van der Waals surface area contributed by atoms with Gasteiger partial charge in [0.15, 0.2) is 0 Å². The molecule has 5 N–H and O–H groups in total. The van der Waals surface area contributed by atoms with Gasteiger partial charge in [0.25, 0.3) is 0 Å². The van der Waals surface area contributed by atoms with Crippen molar-refractivity contribution in [2.24, 2.45) is 0 Å². The number of carbonyl (C=O) groups excluding carboxylic acids is 4. The number of hydrogen-bond donors (Lipinski definition) is 5. The van der Waals surface area contributed by atoms with Crippen molar-refractivity contribution in [3.63, 3.8) is 0 Å². The number of amides is 4. The molecule has 2 rings (SSSR count). The number of carboxylic acids is 1. The molecule has 0 aliphatic carbocycles. The molecule has 0 saturated carbocycles. The van der Waals surface area contributed by atoms with Crippen molar-refractivity contribution in [3.8, 4) is 0 Å². The van der Waals surface area contributed by atoms with Gasteiger partial charge in [0.05, 0.1) is 0 Å². The molecule has 0 bridgehead atoms. The molecule has 0 aliphatic heterocycles. The van der Waals surface area contributed by atoms with Crippen molar-refractivity contribution in [1.82, 2.24) is 21.3 Å². The van der Waals surface area contributed by atoms with Gasteiger partial charge in [0.1, 0.15) is 29.3 Å². The first-order valence-electron chi connectivity index (χ1n) is 14.4. The van der Waals surface area contributed by atoms with Crippen LogP contribution in [0.2, 0.25) is 0 Å². The Bertz CT molecular complexity index is 1260. The maximum absolute atomic E-state index is 13.2. The van der Waals surface area contributed by atoms with Gasteiger partial charge in [0.2, 0.25) is 11.8 Å². The fourth-order valence-corrected chi connectivity index (χ4v) is 4.01. The fourth-order valence-electron chi connectivity index (χ4n) is 4.01. The Kier molecular flexibility index (Phi) is 13.2. The summed E-state index contributed by atoms with van der Waals surface area (Å²) in [5.74, 6) is -2.60. The maximum Gasteiger partial charge on any atom is 0.408 e. The molecule has 4 amide bonds. The van der Waals surface area contributed by atoms with Crippen LogP contribution >= 0.6 is 0 Å². The highest BCUT2D eigenvalue weighted by Crippen LogP contribution is 2.11. The molecule has 240 valence electrons. The molecular formula is C32H44N4O8. The van der Waals surface area contributed by atoms with E-state index in [2.05, 4.69) is 21.3 Å². The van der Waals surface area contributed by atoms with Gasteiger partial charge >= 0.3 is 18.2 Å².